The largest absolute Gasteiger partial charge is 0.491 e. The minimum atomic E-state index is -4.99. The fraction of sp³-hybridized carbons (Fsp3) is 0.400. The van der Waals surface area contributed by atoms with Gasteiger partial charge in [-0.2, -0.15) is 13.2 Å². The summed E-state index contributed by atoms with van der Waals surface area (Å²) in [5, 5.41) is 4.64. The first-order valence-electron chi connectivity index (χ1n) is 6.79. The van der Waals surface area contributed by atoms with Gasteiger partial charge in [0.15, 0.2) is 0 Å². The summed E-state index contributed by atoms with van der Waals surface area (Å²) in [7, 11) is 0. The maximum Gasteiger partial charge on any atom is 0.491 e. The molecule has 0 radical (unpaired) electrons. The van der Waals surface area contributed by atoms with Crippen molar-refractivity contribution in [2.45, 2.75) is 37.6 Å². The highest BCUT2D eigenvalue weighted by atomic mass is 19.4. The molecule has 1 aromatic carbocycles. The molecule has 1 aliphatic carbocycles. The van der Waals surface area contributed by atoms with Crippen LogP contribution in [-0.2, 0) is 9.53 Å². The van der Waals surface area contributed by atoms with Gasteiger partial charge in [0.25, 0.3) is 0 Å². The van der Waals surface area contributed by atoms with E-state index in [0.717, 1.165) is 22.4 Å². The van der Waals surface area contributed by atoms with E-state index in [0.29, 0.717) is 19.3 Å². The van der Waals surface area contributed by atoms with Crippen LogP contribution < -0.4 is 15.8 Å². The standard InChI is InChI=1S/C15H14F3NO2/c16-15(17,18)13(20)21-14-8-4-3-7-12(14)11-6-2-1-5-10(11)9-19-14/h1-2,5-6,9,19H,3-4,7-8H2. The number of benzene rings is 1. The molecule has 1 aromatic rings. The highest BCUT2D eigenvalue weighted by Crippen LogP contribution is 2.37. The quantitative estimate of drug-likeness (QED) is 0.799. The number of alkyl halides is 3. The van der Waals surface area contributed by atoms with E-state index >= 15 is 0 Å². The number of ether oxygens (including phenoxy) is 1. The molecule has 0 spiro atoms. The lowest BCUT2D eigenvalue weighted by Crippen LogP contribution is -2.57. The van der Waals surface area contributed by atoms with E-state index in [1.165, 1.54) is 0 Å². The summed E-state index contributed by atoms with van der Waals surface area (Å²) in [6.07, 6.45) is -0.837. The molecule has 1 unspecified atom stereocenters. The molecule has 1 fully saturated rings. The number of hydrogen-bond acceptors (Lipinski definition) is 3. The van der Waals surface area contributed by atoms with Gasteiger partial charge in [-0.15, -0.1) is 0 Å². The first-order valence-corrected chi connectivity index (χ1v) is 6.79. The van der Waals surface area contributed by atoms with Gasteiger partial charge >= 0.3 is 12.1 Å². The number of hydrogen-bond donors (Lipinski definition) is 1. The number of carbonyl (C=O) groups excluding carboxylic acids is 1. The van der Waals surface area contributed by atoms with Crippen molar-refractivity contribution in [3.63, 3.8) is 0 Å². The molecule has 1 heterocycles. The lowest BCUT2D eigenvalue weighted by atomic mass is 9.83. The molecular weight excluding hydrogens is 283 g/mol. The molecule has 0 aromatic heterocycles. The van der Waals surface area contributed by atoms with E-state index in [1.54, 1.807) is 6.20 Å². The summed E-state index contributed by atoms with van der Waals surface area (Å²) in [6.45, 7) is 0. The van der Waals surface area contributed by atoms with E-state index in [2.05, 4.69) is 5.32 Å². The molecule has 0 bridgehead atoms. The summed E-state index contributed by atoms with van der Waals surface area (Å²) in [4.78, 5) is 11.3. The molecule has 1 N–H and O–H groups in total. The second-order valence-electron chi connectivity index (χ2n) is 5.28. The summed E-state index contributed by atoms with van der Waals surface area (Å²) in [5.74, 6) is -2.15. The Labute approximate surface area is 119 Å². The van der Waals surface area contributed by atoms with Crippen molar-refractivity contribution in [3.05, 3.63) is 34.7 Å². The van der Waals surface area contributed by atoms with Crippen LogP contribution in [0.1, 0.15) is 25.7 Å². The maximum absolute atomic E-state index is 12.5. The fourth-order valence-electron chi connectivity index (χ4n) is 2.99. The van der Waals surface area contributed by atoms with Gasteiger partial charge in [-0.1, -0.05) is 24.3 Å². The molecule has 3 nitrogen and oxygen atoms in total. The molecule has 3 rings (SSSR count). The lowest BCUT2D eigenvalue weighted by Gasteiger charge is -2.41. The Morgan fingerprint density at radius 2 is 2.00 bits per heavy atom. The third-order valence-corrected chi connectivity index (χ3v) is 3.94. The van der Waals surface area contributed by atoms with Crippen molar-refractivity contribution in [2.24, 2.45) is 0 Å². The molecule has 0 amide bonds. The van der Waals surface area contributed by atoms with Crippen LogP contribution in [0.25, 0.3) is 11.8 Å². The average Bonchev–Trinajstić information content (AvgIpc) is 2.46. The van der Waals surface area contributed by atoms with E-state index in [-0.39, 0.29) is 0 Å². The molecule has 1 atom stereocenters. The van der Waals surface area contributed by atoms with Gasteiger partial charge in [0.2, 0.25) is 5.72 Å². The van der Waals surface area contributed by atoms with Crippen molar-refractivity contribution in [1.29, 1.82) is 0 Å². The van der Waals surface area contributed by atoms with Crippen LogP contribution in [0.3, 0.4) is 0 Å². The smallest absolute Gasteiger partial charge is 0.428 e. The Balaban J connectivity index is 2.09. The summed E-state index contributed by atoms with van der Waals surface area (Å²) < 4.78 is 42.5. The average molecular weight is 297 g/mol. The van der Waals surface area contributed by atoms with Crippen molar-refractivity contribution in [3.8, 4) is 0 Å². The highest BCUT2D eigenvalue weighted by molar-refractivity contribution is 5.78. The Kier molecular flexibility index (Phi) is 3.19. The third kappa shape index (κ3) is 2.39. The number of carbonyl (C=O) groups is 1. The Morgan fingerprint density at radius 1 is 1.24 bits per heavy atom. The second kappa shape index (κ2) is 4.79. The molecular formula is C15H14F3NO2. The van der Waals surface area contributed by atoms with Crippen molar-refractivity contribution in [1.82, 2.24) is 5.32 Å². The number of esters is 1. The van der Waals surface area contributed by atoms with E-state index in [4.69, 9.17) is 4.74 Å². The maximum atomic E-state index is 12.5. The Morgan fingerprint density at radius 3 is 2.76 bits per heavy atom. The first kappa shape index (κ1) is 14.0. The third-order valence-electron chi connectivity index (χ3n) is 3.94. The van der Waals surface area contributed by atoms with Gasteiger partial charge in [0.1, 0.15) is 0 Å². The van der Waals surface area contributed by atoms with Crippen molar-refractivity contribution < 1.29 is 22.7 Å². The summed E-state index contributed by atoms with van der Waals surface area (Å²) in [5.41, 5.74) is -0.636. The molecule has 1 aliphatic heterocycles. The topological polar surface area (TPSA) is 38.3 Å². The predicted octanol–water partition coefficient (Wildman–Crippen LogP) is 1.55. The molecule has 2 aliphatic rings. The van der Waals surface area contributed by atoms with Crippen molar-refractivity contribution in [2.75, 3.05) is 0 Å². The van der Waals surface area contributed by atoms with Gasteiger partial charge in [-0.05, 0) is 29.7 Å². The zero-order valence-electron chi connectivity index (χ0n) is 11.2. The SMILES string of the molecule is O=C(OC12CCCCC1=c1ccccc1=CN2)C(F)(F)F. The van der Waals surface area contributed by atoms with Crippen LogP contribution in [0.5, 0.6) is 0 Å². The van der Waals surface area contributed by atoms with Gasteiger partial charge < -0.3 is 10.1 Å². The zero-order chi connectivity index (χ0) is 15.1. The summed E-state index contributed by atoms with van der Waals surface area (Å²) >= 11 is 0. The van der Waals surface area contributed by atoms with Gasteiger partial charge in [-0.25, -0.2) is 4.79 Å². The molecule has 112 valence electrons. The Bertz CT molecular complexity index is 696. The number of rotatable bonds is 1. The summed E-state index contributed by atoms with van der Waals surface area (Å²) in [6, 6.07) is 7.41. The molecule has 6 heteroatoms. The zero-order valence-corrected chi connectivity index (χ0v) is 11.2. The van der Waals surface area contributed by atoms with Crippen LogP contribution in [0.2, 0.25) is 0 Å². The van der Waals surface area contributed by atoms with E-state index < -0.39 is 17.9 Å². The Hall–Kier alpha value is -1.98. The fourth-order valence-corrected chi connectivity index (χ4v) is 2.99. The minimum absolute atomic E-state index is 0.342. The van der Waals surface area contributed by atoms with Crippen LogP contribution in [0.15, 0.2) is 24.3 Å². The number of nitrogens with one attached hydrogen (secondary N) is 1. The van der Waals surface area contributed by atoms with Crippen LogP contribution in [-0.4, -0.2) is 17.9 Å². The van der Waals surface area contributed by atoms with E-state index in [9.17, 15) is 18.0 Å². The molecule has 21 heavy (non-hydrogen) atoms. The van der Waals surface area contributed by atoms with Gasteiger partial charge in [0.05, 0.1) is 0 Å². The van der Waals surface area contributed by atoms with Gasteiger partial charge in [0, 0.05) is 18.2 Å². The monoisotopic (exact) mass is 297 g/mol. The normalized spacial score (nSPS) is 24.2. The number of fused-ring (bicyclic) bond motifs is 2. The van der Waals surface area contributed by atoms with Gasteiger partial charge in [-0.3, -0.25) is 0 Å². The van der Waals surface area contributed by atoms with Crippen molar-refractivity contribution >= 4 is 17.7 Å². The van der Waals surface area contributed by atoms with Crippen LogP contribution >= 0.6 is 0 Å². The number of halogens is 3. The van der Waals surface area contributed by atoms with E-state index in [1.807, 2.05) is 24.3 Å². The molecule has 0 saturated heterocycles. The van der Waals surface area contributed by atoms with Crippen LogP contribution in [0, 0.1) is 0 Å². The second-order valence-corrected chi connectivity index (χ2v) is 5.28. The lowest BCUT2D eigenvalue weighted by molar-refractivity contribution is -0.212. The molecule has 1 saturated carbocycles. The predicted molar refractivity (Wildman–Crippen MR) is 70.0 cm³/mol. The highest BCUT2D eigenvalue weighted by Gasteiger charge is 2.49. The van der Waals surface area contributed by atoms with Crippen LogP contribution in [0.4, 0.5) is 13.2 Å². The first-order chi connectivity index (χ1) is 9.92. The minimum Gasteiger partial charge on any atom is -0.428 e.